The van der Waals surface area contributed by atoms with Gasteiger partial charge in [0, 0.05) is 6.54 Å². The third-order valence-corrected chi connectivity index (χ3v) is 5.00. The van der Waals surface area contributed by atoms with Crippen LogP contribution in [0.15, 0.2) is 30.3 Å². The number of esters is 2. The van der Waals surface area contributed by atoms with E-state index in [9.17, 15) is 24.0 Å². The summed E-state index contributed by atoms with van der Waals surface area (Å²) >= 11 is 0. The molecule has 0 bridgehead atoms. The molecule has 1 N–H and O–H groups in total. The second kappa shape index (κ2) is 8.62. The lowest BCUT2D eigenvalue weighted by Crippen LogP contribution is -2.66. The molecule has 2 aliphatic heterocycles. The normalized spacial score (nSPS) is 24.9. The number of nitrogens with zero attached hydrogens (tertiary/aromatic N) is 2. The van der Waals surface area contributed by atoms with Crippen molar-refractivity contribution in [3.8, 4) is 0 Å². The molecule has 2 heterocycles. The monoisotopic (exact) mass is 417 g/mol. The van der Waals surface area contributed by atoms with Crippen molar-refractivity contribution in [3.05, 3.63) is 35.9 Å². The molecule has 10 heteroatoms. The SMILES string of the molecule is CN(C)C1CC(=O)N(C2(C(=O)NCc3ccccc3)COC(=O)CCC(=O)O2)C1=O. The van der Waals surface area contributed by atoms with E-state index >= 15 is 0 Å². The fraction of sp³-hybridized carbons (Fsp3) is 0.450. The van der Waals surface area contributed by atoms with Crippen LogP contribution >= 0.6 is 0 Å². The van der Waals surface area contributed by atoms with Crippen LogP contribution in [0.2, 0.25) is 0 Å². The van der Waals surface area contributed by atoms with E-state index in [1.807, 2.05) is 6.07 Å². The van der Waals surface area contributed by atoms with Gasteiger partial charge in [-0.05, 0) is 19.7 Å². The number of rotatable bonds is 5. The summed E-state index contributed by atoms with van der Waals surface area (Å²) in [7, 11) is 3.23. The second-order valence-electron chi connectivity index (χ2n) is 7.34. The Kier molecular flexibility index (Phi) is 6.16. The molecule has 30 heavy (non-hydrogen) atoms. The molecule has 2 fully saturated rings. The van der Waals surface area contributed by atoms with Crippen LogP contribution in [0.25, 0.3) is 0 Å². The van der Waals surface area contributed by atoms with Crippen molar-refractivity contribution < 1.29 is 33.4 Å². The van der Waals surface area contributed by atoms with Crippen molar-refractivity contribution >= 4 is 29.7 Å². The summed E-state index contributed by atoms with van der Waals surface area (Å²) in [5.41, 5.74) is -1.65. The molecule has 0 spiro atoms. The minimum Gasteiger partial charge on any atom is -0.459 e. The number of imide groups is 1. The number of benzene rings is 1. The molecule has 0 saturated carbocycles. The summed E-state index contributed by atoms with van der Waals surface area (Å²) in [5.74, 6) is -3.93. The number of carbonyl (C=O) groups excluding carboxylic acids is 5. The van der Waals surface area contributed by atoms with Crippen LogP contribution in [-0.4, -0.2) is 71.9 Å². The minimum absolute atomic E-state index is 0.0558. The second-order valence-corrected chi connectivity index (χ2v) is 7.34. The van der Waals surface area contributed by atoms with Crippen LogP contribution in [0.4, 0.5) is 0 Å². The van der Waals surface area contributed by atoms with Gasteiger partial charge >= 0.3 is 17.7 Å². The number of hydrogen-bond acceptors (Lipinski definition) is 8. The Morgan fingerprint density at radius 2 is 1.80 bits per heavy atom. The van der Waals surface area contributed by atoms with Gasteiger partial charge in [0.05, 0.1) is 25.3 Å². The predicted molar refractivity (Wildman–Crippen MR) is 101 cm³/mol. The molecule has 2 saturated heterocycles. The molecule has 3 amide bonds. The fourth-order valence-electron chi connectivity index (χ4n) is 3.36. The van der Waals surface area contributed by atoms with E-state index in [0.29, 0.717) is 4.90 Å². The molecule has 1 aromatic rings. The lowest BCUT2D eigenvalue weighted by atomic mass is 10.1. The summed E-state index contributed by atoms with van der Waals surface area (Å²) in [6.45, 7) is -0.712. The first-order valence-electron chi connectivity index (χ1n) is 9.47. The van der Waals surface area contributed by atoms with Gasteiger partial charge in [-0.25, -0.2) is 4.90 Å². The Morgan fingerprint density at radius 3 is 2.43 bits per heavy atom. The Hall–Kier alpha value is -3.27. The Bertz CT molecular complexity index is 870. The van der Waals surface area contributed by atoms with Crippen LogP contribution in [-0.2, 0) is 40.0 Å². The zero-order chi connectivity index (χ0) is 21.9. The number of cyclic esters (lactones) is 2. The molecular formula is C20H23N3O7. The lowest BCUT2D eigenvalue weighted by Gasteiger charge is -2.38. The summed E-state index contributed by atoms with van der Waals surface area (Å²) in [4.78, 5) is 65.2. The Morgan fingerprint density at radius 1 is 1.13 bits per heavy atom. The summed E-state index contributed by atoms with van der Waals surface area (Å²) in [6, 6.07) is 8.09. The van der Waals surface area contributed by atoms with Gasteiger partial charge in [0.1, 0.15) is 0 Å². The molecule has 1 aromatic carbocycles. The van der Waals surface area contributed by atoms with Gasteiger partial charge in [-0.1, -0.05) is 30.3 Å². The van der Waals surface area contributed by atoms with Crippen molar-refractivity contribution in [1.29, 1.82) is 0 Å². The van der Waals surface area contributed by atoms with Gasteiger partial charge in [0.15, 0.2) is 6.61 Å². The van der Waals surface area contributed by atoms with Crippen LogP contribution in [0.1, 0.15) is 24.8 Å². The molecule has 10 nitrogen and oxygen atoms in total. The molecule has 0 radical (unpaired) electrons. The van der Waals surface area contributed by atoms with E-state index in [1.54, 1.807) is 38.4 Å². The summed E-state index contributed by atoms with van der Waals surface area (Å²) in [6.07, 6.45) is -0.742. The van der Waals surface area contributed by atoms with Gasteiger partial charge in [-0.15, -0.1) is 0 Å². The molecular weight excluding hydrogens is 394 g/mol. The van der Waals surface area contributed by atoms with Crippen molar-refractivity contribution in [3.63, 3.8) is 0 Å². The zero-order valence-electron chi connectivity index (χ0n) is 16.8. The highest BCUT2D eigenvalue weighted by Crippen LogP contribution is 2.30. The average Bonchev–Trinajstić information content (AvgIpc) is 3.02. The third-order valence-electron chi connectivity index (χ3n) is 5.00. The number of hydrogen-bond donors (Lipinski definition) is 1. The standard InChI is InChI=1S/C20H23N3O7/c1-22(2)14-10-15(24)23(18(14)27)20(12-29-16(25)8-9-17(26)30-20)19(28)21-11-13-6-4-3-5-7-13/h3-7,14H,8-12H2,1-2H3,(H,21,28). The van der Waals surface area contributed by atoms with E-state index in [1.165, 1.54) is 4.90 Å². The van der Waals surface area contributed by atoms with E-state index < -0.39 is 48.0 Å². The van der Waals surface area contributed by atoms with Crippen LogP contribution < -0.4 is 5.32 Å². The molecule has 160 valence electrons. The number of amides is 3. The molecule has 2 atom stereocenters. The van der Waals surface area contributed by atoms with Crippen molar-refractivity contribution in [2.45, 2.75) is 37.6 Å². The highest BCUT2D eigenvalue weighted by atomic mass is 16.6. The molecule has 2 unspecified atom stereocenters. The molecule has 0 aromatic heterocycles. The average molecular weight is 417 g/mol. The van der Waals surface area contributed by atoms with Crippen LogP contribution in [0, 0.1) is 0 Å². The molecule has 2 aliphatic rings. The maximum absolute atomic E-state index is 13.2. The van der Waals surface area contributed by atoms with E-state index in [2.05, 4.69) is 5.32 Å². The number of carbonyl (C=O) groups is 5. The van der Waals surface area contributed by atoms with Gasteiger partial charge in [-0.3, -0.25) is 28.9 Å². The smallest absolute Gasteiger partial charge is 0.309 e. The lowest BCUT2D eigenvalue weighted by molar-refractivity contribution is -0.210. The Labute approximate surface area is 173 Å². The van der Waals surface area contributed by atoms with E-state index in [0.717, 1.165) is 5.56 Å². The van der Waals surface area contributed by atoms with Crippen LogP contribution in [0.3, 0.4) is 0 Å². The summed E-state index contributed by atoms with van der Waals surface area (Å²) < 4.78 is 10.5. The number of ether oxygens (including phenoxy) is 2. The Balaban J connectivity index is 1.96. The maximum atomic E-state index is 13.2. The summed E-state index contributed by atoms with van der Waals surface area (Å²) in [5, 5.41) is 2.59. The first-order valence-corrected chi connectivity index (χ1v) is 9.47. The first kappa shape index (κ1) is 21.4. The highest BCUT2D eigenvalue weighted by Gasteiger charge is 2.59. The fourth-order valence-corrected chi connectivity index (χ4v) is 3.36. The quantitative estimate of drug-likeness (QED) is 0.506. The zero-order valence-corrected chi connectivity index (χ0v) is 16.8. The number of likely N-dealkylation sites (tertiary alicyclic amines) is 1. The topological polar surface area (TPSA) is 122 Å². The van der Waals surface area contributed by atoms with Gasteiger partial charge in [0.25, 0.3) is 11.8 Å². The van der Waals surface area contributed by atoms with E-state index in [4.69, 9.17) is 9.47 Å². The van der Waals surface area contributed by atoms with Crippen molar-refractivity contribution in [2.75, 3.05) is 20.7 Å². The molecule has 3 rings (SSSR count). The van der Waals surface area contributed by atoms with Gasteiger partial charge < -0.3 is 14.8 Å². The van der Waals surface area contributed by atoms with Gasteiger partial charge in [-0.2, -0.15) is 0 Å². The maximum Gasteiger partial charge on any atom is 0.309 e. The molecule has 0 aliphatic carbocycles. The van der Waals surface area contributed by atoms with Crippen molar-refractivity contribution in [2.24, 2.45) is 0 Å². The van der Waals surface area contributed by atoms with Crippen molar-refractivity contribution in [1.82, 2.24) is 15.1 Å². The number of nitrogens with one attached hydrogen (secondary N) is 1. The highest BCUT2D eigenvalue weighted by molar-refractivity contribution is 6.10. The first-order chi connectivity index (χ1) is 14.2. The van der Waals surface area contributed by atoms with E-state index in [-0.39, 0.29) is 25.8 Å². The van der Waals surface area contributed by atoms with Gasteiger partial charge in [0.2, 0.25) is 5.91 Å². The van der Waals surface area contributed by atoms with Crippen LogP contribution in [0.5, 0.6) is 0 Å². The number of likely N-dealkylation sites (N-methyl/N-ethyl adjacent to an activating group) is 1. The minimum atomic E-state index is -2.40. The third kappa shape index (κ3) is 4.18. The largest absolute Gasteiger partial charge is 0.459 e. The predicted octanol–water partition coefficient (Wildman–Crippen LogP) is -0.432.